The van der Waals surface area contributed by atoms with E-state index in [-0.39, 0.29) is 5.91 Å². The predicted molar refractivity (Wildman–Crippen MR) is 103 cm³/mol. The van der Waals surface area contributed by atoms with Crippen molar-refractivity contribution in [3.8, 4) is 16.9 Å². The van der Waals surface area contributed by atoms with E-state index in [1.807, 2.05) is 54.6 Å². The van der Waals surface area contributed by atoms with Crippen LogP contribution in [-0.4, -0.2) is 28.2 Å². The summed E-state index contributed by atoms with van der Waals surface area (Å²) < 4.78 is 5.28. The molecule has 1 amide bonds. The Kier molecular flexibility index (Phi) is 4.53. The summed E-state index contributed by atoms with van der Waals surface area (Å²) in [7, 11) is 1.64. The first kappa shape index (κ1) is 16.8. The summed E-state index contributed by atoms with van der Waals surface area (Å²) in [6.45, 7) is 0.352. The molecule has 0 atom stereocenters. The Morgan fingerprint density at radius 1 is 1.07 bits per heavy atom. The number of methoxy groups -OCH3 is 1. The van der Waals surface area contributed by atoms with Gasteiger partial charge in [-0.2, -0.15) is 5.10 Å². The fourth-order valence-electron chi connectivity index (χ4n) is 2.95. The molecule has 27 heavy (non-hydrogen) atoms. The summed E-state index contributed by atoms with van der Waals surface area (Å²) in [4.78, 5) is 16.8. The summed E-state index contributed by atoms with van der Waals surface area (Å²) in [5.74, 6) is 0.633. The number of hydrogen-bond donors (Lipinski definition) is 2. The van der Waals surface area contributed by atoms with Crippen LogP contribution in [0.4, 0.5) is 0 Å². The first-order chi connectivity index (χ1) is 13.2. The number of H-pyrrole nitrogens is 1. The van der Waals surface area contributed by atoms with Crippen LogP contribution in [0.3, 0.4) is 0 Å². The minimum absolute atomic E-state index is 0.147. The van der Waals surface area contributed by atoms with Gasteiger partial charge >= 0.3 is 0 Å². The molecule has 0 aliphatic carbocycles. The molecule has 4 aromatic rings. The first-order valence-electron chi connectivity index (χ1n) is 8.55. The van der Waals surface area contributed by atoms with E-state index in [4.69, 9.17) is 4.74 Å². The maximum atomic E-state index is 12.6. The zero-order valence-corrected chi connectivity index (χ0v) is 14.8. The molecule has 2 aromatic carbocycles. The molecule has 6 heteroatoms. The molecular weight excluding hydrogens is 340 g/mol. The van der Waals surface area contributed by atoms with Crippen LogP contribution < -0.4 is 10.1 Å². The van der Waals surface area contributed by atoms with Crippen molar-refractivity contribution < 1.29 is 9.53 Å². The number of carbonyl (C=O) groups excluding carboxylic acids is 1. The molecule has 0 fully saturated rings. The molecule has 0 saturated carbocycles. The lowest BCUT2D eigenvalue weighted by Gasteiger charge is -2.08. The molecule has 134 valence electrons. The summed E-state index contributed by atoms with van der Waals surface area (Å²) >= 11 is 0. The van der Waals surface area contributed by atoms with E-state index in [9.17, 15) is 4.79 Å². The molecular formula is C21H18N4O2. The van der Waals surface area contributed by atoms with Crippen molar-refractivity contribution in [2.45, 2.75) is 6.54 Å². The summed E-state index contributed by atoms with van der Waals surface area (Å²) in [5.41, 5.74) is 4.02. The van der Waals surface area contributed by atoms with Crippen LogP contribution in [0, 0.1) is 0 Å². The van der Waals surface area contributed by atoms with Gasteiger partial charge in [0.1, 0.15) is 5.75 Å². The van der Waals surface area contributed by atoms with Gasteiger partial charge in [-0.05, 0) is 47.5 Å². The van der Waals surface area contributed by atoms with E-state index >= 15 is 0 Å². The quantitative estimate of drug-likeness (QED) is 0.572. The van der Waals surface area contributed by atoms with Gasteiger partial charge in [0.25, 0.3) is 5.91 Å². The molecule has 4 rings (SSSR count). The molecule has 6 nitrogen and oxygen atoms in total. The van der Waals surface area contributed by atoms with Crippen molar-refractivity contribution in [1.82, 2.24) is 20.5 Å². The van der Waals surface area contributed by atoms with E-state index in [1.54, 1.807) is 19.4 Å². The van der Waals surface area contributed by atoms with E-state index in [1.165, 1.54) is 0 Å². The van der Waals surface area contributed by atoms with Crippen molar-refractivity contribution in [1.29, 1.82) is 0 Å². The molecule has 0 radical (unpaired) electrons. The number of pyridine rings is 1. The number of ether oxygens (including phenoxy) is 1. The lowest BCUT2D eigenvalue weighted by Crippen LogP contribution is -2.23. The summed E-state index contributed by atoms with van der Waals surface area (Å²) in [5, 5.41) is 10.9. The molecule has 0 unspecified atom stereocenters. The number of carbonyl (C=O) groups is 1. The number of nitrogens with one attached hydrogen (secondary N) is 2. The predicted octanol–water partition coefficient (Wildman–Crippen LogP) is 3.56. The molecule has 2 N–H and O–H groups in total. The average molecular weight is 358 g/mol. The number of hydrogen-bond acceptors (Lipinski definition) is 4. The van der Waals surface area contributed by atoms with Crippen LogP contribution in [0.15, 0.2) is 66.9 Å². The van der Waals surface area contributed by atoms with Crippen molar-refractivity contribution >= 4 is 16.9 Å². The van der Waals surface area contributed by atoms with Gasteiger partial charge in [0.2, 0.25) is 0 Å². The van der Waals surface area contributed by atoms with E-state index in [0.717, 1.165) is 28.0 Å². The second-order valence-electron chi connectivity index (χ2n) is 6.07. The fraction of sp³-hybridized carbons (Fsp3) is 0.0952. The third-order valence-electron chi connectivity index (χ3n) is 4.36. The SMILES string of the molecule is COc1cccc(-c2cccc(C(=O)NCc3[nH]nc4ncccc34)c2)c1. The zero-order valence-electron chi connectivity index (χ0n) is 14.8. The standard InChI is InChI=1S/C21H18N4O2/c1-27-17-8-3-6-15(12-17)14-5-2-7-16(11-14)21(26)23-13-19-18-9-4-10-22-20(18)25-24-19/h2-12H,13H2,1H3,(H,23,26)(H,22,24,25). The highest BCUT2D eigenvalue weighted by Crippen LogP contribution is 2.24. The van der Waals surface area contributed by atoms with Crippen LogP contribution >= 0.6 is 0 Å². The van der Waals surface area contributed by atoms with Crippen molar-refractivity contribution in [3.63, 3.8) is 0 Å². The monoisotopic (exact) mass is 358 g/mol. The molecule has 0 aliphatic heterocycles. The molecule has 2 aromatic heterocycles. The number of aromatic amines is 1. The van der Waals surface area contributed by atoms with Gasteiger partial charge in [0.15, 0.2) is 5.65 Å². The summed E-state index contributed by atoms with van der Waals surface area (Å²) in [6, 6.07) is 19.0. The molecule has 0 aliphatic rings. The van der Waals surface area contributed by atoms with Crippen LogP contribution in [0.5, 0.6) is 5.75 Å². The van der Waals surface area contributed by atoms with Gasteiger partial charge in [-0.25, -0.2) is 4.98 Å². The van der Waals surface area contributed by atoms with Crippen LogP contribution in [0.2, 0.25) is 0 Å². The minimum atomic E-state index is -0.147. The second-order valence-corrected chi connectivity index (χ2v) is 6.07. The number of amides is 1. The Balaban J connectivity index is 1.52. The number of benzene rings is 2. The average Bonchev–Trinajstić information content (AvgIpc) is 3.15. The third-order valence-corrected chi connectivity index (χ3v) is 4.36. The Labute approximate surface area is 156 Å². The summed E-state index contributed by atoms with van der Waals surface area (Å²) in [6.07, 6.45) is 1.69. The van der Waals surface area contributed by atoms with Crippen LogP contribution in [0.1, 0.15) is 16.1 Å². The number of rotatable bonds is 5. The third kappa shape index (κ3) is 3.50. The number of fused-ring (bicyclic) bond motifs is 1. The van der Waals surface area contributed by atoms with Gasteiger partial charge in [-0.1, -0.05) is 24.3 Å². The van der Waals surface area contributed by atoms with Crippen molar-refractivity contribution in [3.05, 3.63) is 78.1 Å². The van der Waals surface area contributed by atoms with E-state index in [2.05, 4.69) is 20.5 Å². The first-order valence-corrected chi connectivity index (χ1v) is 8.55. The van der Waals surface area contributed by atoms with Crippen LogP contribution in [-0.2, 0) is 6.54 Å². The van der Waals surface area contributed by atoms with Gasteiger partial charge < -0.3 is 10.1 Å². The van der Waals surface area contributed by atoms with E-state index in [0.29, 0.717) is 17.8 Å². The highest BCUT2D eigenvalue weighted by molar-refractivity contribution is 5.95. The smallest absolute Gasteiger partial charge is 0.251 e. The van der Waals surface area contributed by atoms with Gasteiger partial charge in [-0.3, -0.25) is 9.89 Å². The van der Waals surface area contributed by atoms with Crippen LogP contribution in [0.25, 0.3) is 22.2 Å². The highest BCUT2D eigenvalue weighted by Gasteiger charge is 2.10. The largest absolute Gasteiger partial charge is 0.497 e. The number of nitrogens with zero attached hydrogens (tertiary/aromatic N) is 2. The topological polar surface area (TPSA) is 79.9 Å². The second kappa shape index (κ2) is 7.29. The lowest BCUT2D eigenvalue weighted by molar-refractivity contribution is 0.0950. The maximum absolute atomic E-state index is 12.6. The maximum Gasteiger partial charge on any atom is 0.251 e. The highest BCUT2D eigenvalue weighted by atomic mass is 16.5. The Bertz CT molecular complexity index is 1100. The van der Waals surface area contributed by atoms with Gasteiger partial charge in [0, 0.05) is 17.1 Å². The fourth-order valence-corrected chi connectivity index (χ4v) is 2.95. The normalized spacial score (nSPS) is 10.7. The van der Waals surface area contributed by atoms with Crippen molar-refractivity contribution in [2.75, 3.05) is 7.11 Å². The van der Waals surface area contributed by atoms with Gasteiger partial charge in [-0.15, -0.1) is 0 Å². The Hall–Kier alpha value is -3.67. The Morgan fingerprint density at radius 3 is 2.74 bits per heavy atom. The molecule has 2 heterocycles. The number of aromatic nitrogens is 3. The molecule has 0 spiro atoms. The molecule has 0 saturated heterocycles. The van der Waals surface area contributed by atoms with Gasteiger partial charge in [0.05, 0.1) is 19.3 Å². The zero-order chi connectivity index (χ0) is 18.6. The minimum Gasteiger partial charge on any atom is -0.497 e. The van der Waals surface area contributed by atoms with Crippen molar-refractivity contribution in [2.24, 2.45) is 0 Å². The lowest BCUT2D eigenvalue weighted by atomic mass is 10.0. The molecule has 0 bridgehead atoms. The Morgan fingerprint density at radius 2 is 1.89 bits per heavy atom. The van der Waals surface area contributed by atoms with E-state index < -0.39 is 0 Å².